The van der Waals surface area contributed by atoms with Gasteiger partial charge in [-0.15, -0.1) is 0 Å². The van der Waals surface area contributed by atoms with Crippen LogP contribution in [0.25, 0.3) is 0 Å². The molecule has 5 heteroatoms. The van der Waals surface area contributed by atoms with Crippen molar-refractivity contribution in [2.45, 2.75) is 42.9 Å². The number of hydrogen-bond donors (Lipinski definition) is 0. The van der Waals surface area contributed by atoms with Crippen LogP contribution in [0, 0.1) is 13.8 Å². The molecule has 0 aliphatic carbocycles. The van der Waals surface area contributed by atoms with Gasteiger partial charge in [-0.3, -0.25) is 4.98 Å². The van der Waals surface area contributed by atoms with Gasteiger partial charge in [-0.1, -0.05) is 24.3 Å². The SMILES string of the molecule is Cc1cnc(C2CC(S(=O)(=O)c3ccccc3)CCO2)c(C)c1. The number of hydrogen-bond acceptors (Lipinski definition) is 4. The standard InChI is InChI=1S/C18H21NO3S/c1-13-10-14(2)18(19-12-13)17-11-16(8-9-22-17)23(20,21)15-6-4-3-5-7-15/h3-7,10,12,16-17H,8-9,11H2,1-2H3. The minimum atomic E-state index is -3.33. The van der Waals surface area contributed by atoms with Crippen LogP contribution < -0.4 is 0 Å². The maximum atomic E-state index is 12.8. The number of nitrogens with zero attached hydrogens (tertiary/aromatic N) is 1. The molecule has 0 bridgehead atoms. The van der Waals surface area contributed by atoms with Crippen molar-refractivity contribution >= 4 is 9.84 Å². The van der Waals surface area contributed by atoms with Crippen LogP contribution in [0.1, 0.15) is 35.8 Å². The summed E-state index contributed by atoms with van der Waals surface area (Å²) in [6.45, 7) is 4.43. The molecular formula is C18H21NO3S. The van der Waals surface area contributed by atoms with Crippen molar-refractivity contribution in [1.29, 1.82) is 0 Å². The number of sulfone groups is 1. The number of aryl methyl sites for hydroxylation is 2. The molecule has 2 aromatic rings. The molecule has 1 saturated heterocycles. The van der Waals surface area contributed by atoms with Crippen molar-refractivity contribution in [1.82, 2.24) is 4.98 Å². The van der Waals surface area contributed by atoms with Gasteiger partial charge in [-0.05, 0) is 49.9 Å². The third-order valence-corrected chi connectivity index (χ3v) is 6.54. The number of rotatable bonds is 3. The van der Waals surface area contributed by atoms with E-state index in [9.17, 15) is 8.42 Å². The molecule has 0 saturated carbocycles. The minimum absolute atomic E-state index is 0.257. The third-order valence-electron chi connectivity index (χ3n) is 4.31. The van der Waals surface area contributed by atoms with Crippen LogP contribution in [0.2, 0.25) is 0 Å². The molecule has 0 spiro atoms. The molecule has 1 aromatic carbocycles. The smallest absolute Gasteiger partial charge is 0.181 e. The van der Waals surface area contributed by atoms with Crippen molar-refractivity contribution in [2.24, 2.45) is 0 Å². The Balaban J connectivity index is 1.86. The Labute approximate surface area is 137 Å². The van der Waals surface area contributed by atoms with Crippen LogP contribution in [0.15, 0.2) is 47.5 Å². The van der Waals surface area contributed by atoms with E-state index in [1.165, 1.54) is 0 Å². The van der Waals surface area contributed by atoms with Gasteiger partial charge in [-0.2, -0.15) is 0 Å². The lowest BCUT2D eigenvalue weighted by Crippen LogP contribution is -2.31. The van der Waals surface area contributed by atoms with E-state index >= 15 is 0 Å². The molecule has 2 atom stereocenters. The summed E-state index contributed by atoms with van der Waals surface area (Å²) in [5.74, 6) is 0. The van der Waals surface area contributed by atoms with Crippen molar-refractivity contribution < 1.29 is 13.2 Å². The fourth-order valence-corrected chi connectivity index (χ4v) is 4.86. The first-order valence-electron chi connectivity index (χ1n) is 7.82. The van der Waals surface area contributed by atoms with Gasteiger partial charge >= 0.3 is 0 Å². The second kappa shape index (κ2) is 6.42. The maximum Gasteiger partial charge on any atom is 0.181 e. The molecule has 0 N–H and O–H groups in total. The quantitative estimate of drug-likeness (QED) is 0.865. The summed E-state index contributed by atoms with van der Waals surface area (Å²) in [5, 5.41) is -0.425. The highest BCUT2D eigenvalue weighted by molar-refractivity contribution is 7.92. The monoisotopic (exact) mass is 331 g/mol. The van der Waals surface area contributed by atoms with Crippen LogP contribution >= 0.6 is 0 Å². The van der Waals surface area contributed by atoms with E-state index in [4.69, 9.17) is 4.74 Å². The Kier molecular flexibility index (Phi) is 4.50. The Bertz CT molecular complexity index is 787. The molecule has 4 nitrogen and oxygen atoms in total. The third kappa shape index (κ3) is 3.31. The minimum Gasteiger partial charge on any atom is -0.372 e. The zero-order chi connectivity index (χ0) is 16.4. The second-order valence-corrected chi connectivity index (χ2v) is 8.31. The van der Waals surface area contributed by atoms with Crippen molar-refractivity contribution in [3.05, 3.63) is 59.4 Å². The van der Waals surface area contributed by atoms with E-state index in [0.29, 0.717) is 24.3 Å². The molecule has 23 heavy (non-hydrogen) atoms. The summed E-state index contributed by atoms with van der Waals surface area (Å²) < 4.78 is 31.5. The van der Waals surface area contributed by atoms with E-state index in [-0.39, 0.29) is 6.10 Å². The van der Waals surface area contributed by atoms with Crippen molar-refractivity contribution in [3.63, 3.8) is 0 Å². The van der Waals surface area contributed by atoms with Gasteiger partial charge in [-0.25, -0.2) is 8.42 Å². The van der Waals surface area contributed by atoms with E-state index in [1.807, 2.05) is 19.9 Å². The molecule has 1 aromatic heterocycles. The Morgan fingerprint density at radius 1 is 1.17 bits per heavy atom. The lowest BCUT2D eigenvalue weighted by Gasteiger charge is -2.29. The highest BCUT2D eigenvalue weighted by Gasteiger charge is 2.35. The Morgan fingerprint density at radius 3 is 2.61 bits per heavy atom. The average molecular weight is 331 g/mol. The number of ether oxygens (including phenoxy) is 1. The second-order valence-electron chi connectivity index (χ2n) is 6.08. The topological polar surface area (TPSA) is 56.3 Å². The first-order chi connectivity index (χ1) is 11.0. The number of pyridine rings is 1. The lowest BCUT2D eigenvalue weighted by molar-refractivity contribution is 0.0135. The lowest BCUT2D eigenvalue weighted by atomic mass is 10.0. The first-order valence-corrected chi connectivity index (χ1v) is 9.37. The maximum absolute atomic E-state index is 12.8. The van der Waals surface area contributed by atoms with Gasteiger partial charge in [0.25, 0.3) is 0 Å². The molecule has 3 rings (SSSR count). The largest absolute Gasteiger partial charge is 0.372 e. The molecule has 0 amide bonds. The molecule has 2 heterocycles. The van der Waals surface area contributed by atoms with E-state index in [2.05, 4.69) is 11.1 Å². The van der Waals surface area contributed by atoms with Gasteiger partial charge in [0.2, 0.25) is 0 Å². The van der Waals surface area contributed by atoms with Gasteiger partial charge in [0.15, 0.2) is 9.84 Å². The van der Waals surface area contributed by atoms with Gasteiger partial charge < -0.3 is 4.74 Å². The van der Waals surface area contributed by atoms with Crippen molar-refractivity contribution in [3.8, 4) is 0 Å². The van der Waals surface area contributed by atoms with Crippen LogP contribution in [-0.2, 0) is 14.6 Å². The summed E-state index contributed by atoms with van der Waals surface area (Å²) in [6, 6.07) is 10.7. The first kappa shape index (κ1) is 16.1. The molecule has 2 unspecified atom stereocenters. The summed E-state index contributed by atoms with van der Waals surface area (Å²) >= 11 is 0. The fraction of sp³-hybridized carbons (Fsp3) is 0.389. The zero-order valence-corrected chi connectivity index (χ0v) is 14.2. The molecular weight excluding hydrogens is 310 g/mol. The van der Waals surface area contributed by atoms with Crippen molar-refractivity contribution in [2.75, 3.05) is 6.61 Å². The van der Waals surface area contributed by atoms with Crippen LogP contribution in [0.3, 0.4) is 0 Å². The van der Waals surface area contributed by atoms with E-state index in [1.54, 1.807) is 30.5 Å². The van der Waals surface area contributed by atoms with Crippen LogP contribution in [0.4, 0.5) is 0 Å². The summed E-state index contributed by atoms with van der Waals surface area (Å²) in [6.07, 6.45) is 2.53. The highest BCUT2D eigenvalue weighted by Crippen LogP contribution is 2.34. The number of aromatic nitrogens is 1. The number of benzene rings is 1. The molecule has 1 fully saturated rings. The Morgan fingerprint density at radius 2 is 1.91 bits per heavy atom. The molecule has 1 aliphatic rings. The van der Waals surface area contributed by atoms with Crippen LogP contribution in [0.5, 0.6) is 0 Å². The Hall–Kier alpha value is -1.72. The van der Waals surface area contributed by atoms with Gasteiger partial charge in [0, 0.05) is 12.8 Å². The zero-order valence-electron chi connectivity index (χ0n) is 13.4. The normalized spacial score (nSPS) is 22.0. The fourth-order valence-electron chi connectivity index (χ4n) is 3.10. The summed E-state index contributed by atoms with van der Waals surface area (Å²) in [7, 11) is -3.33. The van der Waals surface area contributed by atoms with Gasteiger partial charge in [0.1, 0.15) is 6.10 Å². The summed E-state index contributed by atoms with van der Waals surface area (Å²) in [5.41, 5.74) is 2.99. The predicted molar refractivity (Wildman–Crippen MR) is 89.1 cm³/mol. The molecule has 0 radical (unpaired) electrons. The highest BCUT2D eigenvalue weighted by atomic mass is 32.2. The van der Waals surface area contributed by atoms with Gasteiger partial charge in [0.05, 0.1) is 15.8 Å². The predicted octanol–water partition coefficient (Wildman–Crippen LogP) is 3.39. The van der Waals surface area contributed by atoms with Crippen LogP contribution in [-0.4, -0.2) is 25.3 Å². The average Bonchev–Trinajstić information content (AvgIpc) is 2.56. The molecule has 122 valence electrons. The molecule has 1 aliphatic heterocycles. The van der Waals surface area contributed by atoms with E-state index < -0.39 is 15.1 Å². The summed E-state index contributed by atoms with van der Waals surface area (Å²) in [4.78, 5) is 4.86. The van der Waals surface area contributed by atoms with E-state index in [0.717, 1.165) is 16.8 Å².